The summed E-state index contributed by atoms with van der Waals surface area (Å²) in [6.07, 6.45) is -1.29. The molecule has 2 aromatic heterocycles. The molecule has 1 atom stereocenters. The molecule has 156 valence electrons. The SMILES string of the molecule is C=C(Nc1ccc2cccnc2c1)N1CCN(c2ncccc2C(F)(F)F)C[C@H]1C. The van der Waals surface area contributed by atoms with Gasteiger partial charge >= 0.3 is 6.18 Å². The summed E-state index contributed by atoms with van der Waals surface area (Å²) in [5.74, 6) is 0.685. The molecule has 1 saturated heterocycles. The van der Waals surface area contributed by atoms with Crippen LogP contribution in [0, 0.1) is 0 Å². The smallest absolute Gasteiger partial charge is 0.352 e. The van der Waals surface area contributed by atoms with Crippen LogP contribution in [-0.4, -0.2) is 40.5 Å². The van der Waals surface area contributed by atoms with Gasteiger partial charge < -0.3 is 15.1 Å². The molecule has 4 rings (SSSR count). The Hall–Kier alpha value is -3.29. The van der Waals surface area contributed by atoms with Crippen molar-refractivity contribution in [2.24, 2.45) is 0 Å². The van der Waals surface area contributed by atoms with Crippen molar-refractivity contribution < 1.29 is 13.2 Å². The second-order valence-electron chi connectivity index (χ2n) is 7.34. The van der Waals surface area contributed by atoms with Crippen LogP contribution in [-0.2, 0) is 6.18 Å². The highest BCUT2D eigenvalue weighted by atomic mass is 19.4. The number of benzene rings is 1. The molecule has 0 unspecified atom stereocenters. The van der Waals surface area contributed by atoms with Gasteiger partial charge in [0, 0.05) is 49.1 Å². The summed E-state index contributed by atoms with van der Waals surface area (Å²) in [4.78, 5) is 12.1. The molecule has 0 bridgehead atoms. The number of hydrogen-bond acceptors (Lipinski definition) is 5. The summed E-state index contributed by atoms with van der Waals surface area (Å²) < 4.78 is 40.1. The molecule has 5 nitrogen and oxygen atoms in total. The van der Waals surface area contributed by atoms with E-state index in [1.165, 1.54) is 12.3 Å². The van der Waals surface area contributed by atoms with E-state index < -0.39 is 11.7 Å². The Morgan fingerprint density at radius 2 is 1.87 bits per heavy atom. The minimum absolute atomic E-state index is 0.0179. The second kappa shape index (κ2) is 7.85. The Labute approximate surface area is 172 Å². The number of fused-ring (bicyclic) bond motifs is 1. The number of piperazine rings is 1. The number of pyridine rings is 2. The summed E-state index contributed by atoms with van der Waals surface area (Å²) in [6.45, 7) is 7.48. The quantitative estimate of drug-likeness (QED) is 0.669. The Bertz CT molecular complexity index is 1070. The van der Waals surface area contributed by atoms with Crippen LogP contribution < -0.4 is 10.2 Å². The summed E-state index contributed by atoms with van der Waals surface area (Å²) in [7, 11) is 0. The van der Waals surface area contributed by atoms with Gasteiger partial charge in [-0.15, -0.1) is 0 Å². The van der Waals surface area contributed by atoms with Gasteiger partial charge in [-0.2, -0.15) is 13.2 Å². The number of rotatable bonds is 4. The minimum atomic E-state index is -4.43. The first-order valence-electron chi connectivity index (χ1n) is 9.67. The first-order chi connectivity index (χ1) is 14.3. The average Bonchev–Trinajstić information content (AvgIpc) is 2.73. The average molecular weight is 413 g/mol. The third kappa shape index (κ3) is 4.03. The van der Waals surface area contributed by atoms with Crippen molar-refractivity contribution in [2.45, 2.75) is 19.1 Å². The lowest BCUT2D eigenvalue weighted by molar-refractivity contribution is -0.137. The van der Waals surface area contributed by atoms with Gasteiger partial charge in [0.2, 0.25) is 0 Å². The number of nitrogens with zero attached hydrogens (tertiary/aromatic N) is 4. The largest absolute Gasteiger partial charge is 0.419 e. The number of hydrogen-bond donors (Lipinski definition) is 1. The van der Waals surface area contributed by atoms with Crippen LogP contribution >= 0.6 is 0 Å². The Morgan fingerprint density at radius 3 is 2.63 bits per heavy atom. The monoisotopic (exact) mass is 413 g/mol. The van der Waals surface area contributed by atoms with E-state index in [2.05, 4.69) is 26.8 Å². The van der Waals surface area contributed by atoms with Gasteiger partial charge in [-0.3, -0.25) is 4.98 Å². The van der Waals surface area contributed by atoms with Crippen LogP contribution in [0.1, 0.15) is 12.5 Å². The fourth-order valence-electron chi connectivity index (χ4n) is 3.80. The van der Waals surface area contributed by atoms with Gasteiger partial charge in [-0.1, -0.05) is 18.7 Å². The van der Waals surface area contributed by atoms with E-state index >= 15 is 0 Å². The van der Waals surface area contributed by atoms with Gasteiger partial charge in [0.05, 0.1) is 16.9 Å². The molecule has 1 aliphatic rings. The fourth-order valence-corrected chi connectivity index (χ4v) is 3.80. The van der Waals surface area contributed by atoms with Gasteiger partial charge in [-0.25, -0.2) is 4.98 Å². The number of alkyl halides is 3. The summed E-state index contributed by atoms with van der Waals surface area (Å²) in [6, 6.07) is 12.1. The first kappa shape index (κ1) is 20.0. The van der Waals surface area contributed by atoms with Crippen molar-refractivity contribution in [3.05, 3.63) is 72.8 Å². The van der Waals surface area contributed by atoms with Crippen molar-refractivity contribution in [3.8, 4) is 0 Å². The molecule has 3 aromatic rings. The minimum Gasteiger partial charge on any atom is -0.352 e. The maximum Gasteiger partial charge on any atom is 0.419 e. The normalized spacial score (nSPS) is 17.3. The van der Waals surface area contributed by atoms with E-state index in [1.54, 1.807) is 11.1 Å². The third-order valence-electron chi connectivity index (χ3n) is 5.26. The molecule has 1 N–H and O–H groups in total. The molecular formula is C22H22F3N5. The number of aromatic nitrogens is 2. The van der Waals surface area contributed by atoms with Crippen LogP contribution in [0.5, 0.6) is 0 Å². The molecule has 1 fully saturated rings. The lowest BCUT2D eigenvalue weighted by Gasteiger charge is -2.43. The molecule has 0 saturated carbocycles. The molecule has 30 heavy (non-hydrogen) atoms. The van der Waals surface area contributed by atoms with Gasteiger partial charge in [0.25, 0.3) is 0 Å². The number of halogens is 3. The molecule has 0 radical (unpaired) electrons. The third-order valence-corrected chi connectivity index (χ3v) is 5.26. The summed E-state index contributed by atoms with van der Waals surface area (Å²) in [5.41, 5.74) is 1.04. The molecule has 0 aliphatic carbocycles. The standard InChI is InChI=1S/C22H22F3N5/c1-15-14-29(21-19(22(23,24)25)6-4-10-27-21)11-12-30(15)16(2)28-18-8-7-17-5-3-9-26-20(17)13-18/h3-10,13,15,28H,2,11-12,14H2,1H3/t15-/m1/s1. The Balaban J connectivity index is 1.46. The first-order valence-corrected chi connectivity index (χ1v) is 9.67. The van der Waals surface area contributed by atoms with Crippen molar-refractivity contribution in [3.63, 3.8) is 0 Å². The van der Waals surface area contributed by atoms with E-state index in [-0.39, 0.29) is 11.9 Å². The zero-order valence-electron chi connectivity index (χ0n) is 16.5. The fraction of sp³-hybridized carbons (Fsp3) is 0.273. The van der Waals surface area contributed by atoms with Crippen LogP contribution in [0.25, 0.3) is 10.9 Å². The molecule has 0 amide bonds. The van der Waals surface area contributed by atoms with Crippen molar-refractivity contribution in [1.82, 2.24) is 14.9 Å². The van der Waals surface area contributed by atoms with E-state index in [9.17, 15) is 13.2 Å². The van der Waals surface area contributed by atoms with Crippen LogP contribution in [0.3, 0.4) is 0 Å². The zero-order valence-corrected chi connectivity index (χ0v) is 16.5. The molecule has 8 heteroatoms. The van der Waals surface area contributed by atoms with Crippen molar-refractivity contribution in [1.29, 1.82) is 0 Å². The van der Waals surface area contributed by atoms with E-state index in [0.717, 1.165) is 22.7 Å². The zero-order chi connectivity index (χ0) is 21.3. The van der Waals surface area contributed by atoms with E-state index in [1.807, 2.05) is 37.3 Å². The van der Waals surface area contributed by atoms with Gasteiger partial charge in [-0.05, 0) is 37.3 Å². The lowest BCUT2D eigenvalue weighted by atomic mass is 10.1. The van der Waals surface area contributed by atoms with Crippen molar-refractivity contribution in [2.75, 3.05) is 29.9 Å². The maximum absolute atomic E-state index is 13.4. The molecule has 1 aliphatic heterocycles. The second-order valence-corrected chi connectivity index (χ2v) is 7.34. The maximum atomic E-state index is 13.4. The molecular weight excluding hydrogens is 391 g/mol. The number of anilines is 2. The summed E-state index contributed by atoms with van der Waals surface area (Å²) >= 11 is 0. The summed E-state index contributed by atoms with van der Waals surface area (Å²) in [5, 5.41) is 4.35. The van der Waals surface area contributed by atoms with Gasteiger partial charge in [0.1, 0.15) is 5.82 Å². The Morgan fingerprint density at radius 1 is 1.10 bits per heavy atom. The highest BCUT2D eigenvalue weighted by molar-refractivity contribution is 5.82. The van der Waals surface area contributed by atoms with Crippen LogP contribution in [0.2, 0.25) is 0 Å². The topological polar surface area (TPSA) is 44.3 Å². The number of nitrogens with one attached hydrogen (secondary N) is 1. The molecule has 0 spiro atoms. The van der Waals surface area contributed by atoms with Crippen molar-refractivity contribution >= 4 is 22.4 Å². The Kier molecular flexibility index (Phi) is 5.24. The molecule has 1 aromatic carbocycles. The lowest BCUT2D eigenvalue weighted by Crippen LogP contribution is -2.52. The predicted molar refractivity (Wildman–Crippen MR) is 112 cm³/mol. The highest BCUT2D eigenvalue weighted by Crippen LogP contribution is 2.36. The van der Waals surface area contributed by atoms with Gasteiger partial charge in [0.15, 0.2) is 0 Å². The van der Waals surface area contributed by atoms with Crippen LogP contribution in [0.4, 0.5) is 24.7 Å². The predicted octanol–water partition coefficient (Wildman–Crippen LogP) is 4.74. The molecule has 3 heterocycles. The van der Waals surface area contributed by atoms with E-state index in [4.69, 9.17) is 0 Å². The highest BCUT2D eigenvalue weighted by Gasteiger charge is 2.37. The van der Waals surface area contributed by atoms with Crippen LogP contribution in [0.15, 0.2) is 67.3 Å². The van der Waals surface area contributed by atoms with E-state index in [0.29, 0.717) is 25.5 Å².